The van der Waals surface area contributed by atoms with Gasteiger partial charge in [-0.15, -0.1) is 0 Å². The first-order valence-corrected chi connectivity index (χ1v) is 8.73. The quantitative estimate of drug-likeness (QED) is 0.787. The molecular weight excluding hydrogens is 321 g/mol. The van der Waals surface area contributed by atoms with Crippen LogP contribution in [0.25, 0.3) is 0 Å². The van der Waals surface area contributed by atoms with Crippen LogP contribution in [0.15, 0.2) is 12.1 Å². The van der Waals surface area contributed by atoms with Crippen LogP contribution in [0, 0.1) is 23.7 Å². The van der Waals surface area contributed by atoms with Gasteiger partial charge in [-0.2, -0.15) is 0 Å². The lowest BCUT2D eigenvalue weighted by Gasteiger charge is -2.54. The third-order valence-electron chi connectivity index (χ3n) is 5.55. The molecule has 4 nitrogen and oxygen atoms in total. The zero-order valence-electron chi connectivity index (χ0n) is 12.2. The summed E-state index contributed by atoms with van der Waals surface area (Å²) in [6.45, 7) is 0. The lowest BCUT2D eigenvalue weighted by atomic mass is 9.54. The van der Waals surface area contributed by atoms with Crippen molar-refractivity contribution >= 4 is 34.9 Å². The summed E-state index contributed by atoms with van der Waals surface area (Å²) in [5.41, 5.74) is 0.575. The number of pyridine rings is 1. The van der Waals surface area contributed by atoms with Crippen LogP contribution in [0.5, 0.6) is 0 Å². The number of carbonyl (C=O) groups is 1. The van der Waals surface area contributed by atoms with Crippen molar-refractivity contribution in [3.8, 4) is 0 Å². The molecule has 0 spiro atoms. The van der Waals surface area contributed by atoms with Crippen molar-refractivity contribution in [2.75, 3.05) is 5.32 Å². The topological polar surface area (TPSA) is 54.0 Å². The van der Waals surface area contributed by atoms with Gasteiger partial charge in [0.2, 0.25) is 0 Å². The van der Waals surface area contributed by atoms with E-state index in [0.717, 1.165) is 11.8 Å². The molecular formula is C16H19Cl2N3O. The summed E-state index contributed by atoms with van der Waals surface area (Å²) < 4.78 is 0. The van der Waals surface area contributed by atoms with Gasteiger partial charge < -0.3 is 10.6 Å². The van der Waals surface area contributed by atoms with Gasteiger partial charge >= 0.3 is 6.03 Å². The highest BCUT2D eigenvalue weighted by Gasteiger charge is 2.48. The third-order valence-corrected chi connectivity index (χ3v) is 5.93. The fourth-order valence-electron chi connectivity index (χ4n) is 5.02. The summed E-state index contributed by atoms with van der Waals surface area (Å²) in [4.78, 5) is 16.2. The minimum Gasteiger partial charge on any atom is -0.335 e. The minimum atomic E-state index is -0.171. The predicted octanol–water partition coefficient (Wildman–Crippen LogP) is 4.33. The molecule has 0 saturated heterocycles. The molecule has 0 aliphatic heterocycles. The Bertz CT molecular complexity index is 559. The van der Waals surface area contributed by atoms with Crippen molar-refractivity contribution in [2.24, 2.45) is 23.7 Å². The molecule has 0 atom stereocenters. The molecule has 2 N–H and O–H groups in total. The number of rotatable bonds is 2. The number of anilines is 1. The molecule has 1 aromatic heterocycles. The fourth-order valence-corrected chi connectivity index (χ4v) is 5.48. The number of urea groups is 1. The zero-order chi connectivity index (χ0) is 15.3. The molecule has 118 valence electrons. The Morgan fingerprint density at radius 2 is 1.55 bits per heavy atom. The van der Waals surface area contributed by atoms with Crippen molar-refractivity contribution in [1.29, 1.82) is 0 Å². The van der Waals surface area contributed by atoms with Crippen molar-refractivity contribution < 1.29 is 4.79 Å². The summed E-state index contributed by atoms with van der Waals surface area (Å²) in [5, 5.41) is 6.57. The summed E-state index contributed by atoms with van der Waals surface area (Å²) in [6, 6.07) is 3.35. The van der Waals surface area contributed by atoms with E-state index < -0.39 is 0 Å². The molecule has 2 amide bonds. The van der Waals surface area contributed by atoms with E-state index in [-0.39, 0.29) is 16.3 Å². The first-order chi connectivity index (χ1) is 10.6. The Labute approximate surface area is 140 Å². The molecule has 1 heterocycles. The smallest absolute Gasteiger partial charge is 0.319 e. The molecule has 0 radical (unpaired) electrons. The van der Waals surface area contributed by atoms with Crippen LogP contribution in [0.2, 0.25) is 10.3 Å². The average molecular weight is 340 g/mol. The number of hydrogen-bond acceptors (Lipinski definition) is 2. The highest BCUT2D eigenvalue weighted by molar-refractivity contribution is 6.32. The number of nitrogens with zero attached hydrogens (tertiary/aromatic N) is 1. The number of aromatic nitrogens is 1. The molecule has 4 aliphatic carbocycles. The van der Waals surface area contributed by atoms with Gasteiger partial charge in [0.1, 0.15) is 10.3 Å². The van der Waals surface area contributed by atoms with Gasteiger partial charge in [-0.05, 0) is 67.9 Å². The minimum absolute atomic E-state index is 0.171. The number of carbonyl (C=O) groups excluding carboxylic acids is 1. The molecule has 4 fully saturated rings. The maximum Gasteiger partial charge on any atom is 0.319 e. The number of nitrogens with one attached hydrogen (secondary N) is 2. The highest BCUT2D eigenvalue weighted by Crippen LogP contribution is 2.53. The Hall–Kier alpha value is -1.00. The average Bonchev–Trinajstić information content (AvgIpc) is 2.40. The second-order valence-corrected chi connectivity index (χ2v) is 7.83. The van der Waals surface area contributed by atoms with E-state index in [1.165, 1.54) is 32.1 Å². The number of hydrogen-bond donors (Lipinski definition) is 2. The molecule has 4 aliphatic rings. The Balaban J connectivity index is 1.42. The molecule has 6 heteroatoms. The molecule has 22 heavy (non-hydrogen) atoms. The van der Waals surface area contributed by atoms with Gasteiger partial charge in [-0.1, -0.05) is 23.2 Å². The molecule has 0 aromatic carbocycles. The van der Waals surface area contributed by atoms with Gasteiger partial charge in [0, 0.05) is 11.7 Å². The Morgan fingerprint density at radius 3 is 2.09 bits per heavy atom. The summed E-state index contributed by atoms with van der Waals surface area (Å²) in [5.74, 6) is 3.13. The van der Waals surface area contributed by atoms with Crippen LogP contribution in [-0.2, 0) is 0 Å². The Morgan fingerprint density at radius 1 is 1.00 bits per heavy atom. The van der Waals surface area contributed by atoms with Gasteiger partial charge in [0.25, 0.3) is 0 Å². The summed E-state index contributed by atoms with van der Waals surface area (Å²) in [6.07, 6.45) is 6.55. The van der Waals surface area contributed by atoms with E-state index in [1.54, 1.807) is 12.1 Å². The second-order valence-electron chi connectivity index (χ2n) is 7.06. The predicted molar refractivity (Wildman–Crippen MR) is 87.2 cm³/mol. The van der Waals surface area contributed by atoms with E-state index in [0.29, 0.717) is 23.6 Å². The van der Waals surface area contributed by atoms with E-state index in [2.05, 4.69) is 15.6 Å². The van der Waals surface area contributed by atoms with Crippen LogP contribution >= 0.6 is 23.2 Å². The first-order valence-electron chi connectivity index (χ1n) is 7.97. The standard InChI is InChI=1S/C16H19Cl2N3O/c17-13-6-12(7-14(18)20-13)19-16(22)21-15-10-2-8-1-9(4-10)5-11(15)3-8/h6-11,15H,1-5H2,(H2,19,20,21,22). The SMILES string of the molecule is O=C(Nc1cc(Cl)nc(Cl)c1)NC1C2CC3CC(C2)CC1C3. The second kappa shape index (κ2) is 5.57. The summed E-state index contributed by atoms with van der Waals surface area (Å²) in [7, 11) is 0. The van der Waals surface area contributed by atoms with Crippen LogP contribution in [0.3, 0.4) is 0 Å². The van der Waals surface area contributed by atoms with Crippen LogP contribution in [0.1, 0.15) is 32.1 Å². The summed E-state index contributed by atoms with van der Waals surface area (Å²) >= 11 is 11.7. The molecule has 4 bridgehead atoms. The molecule has 4 saturated carbocycles. The lowest BCUT2D eigenvalue weighted by Crippen LogP contribution is -2.56. The van der Waals surface area contributed by atoms with Gasteiger partial charge in [-0.25, -0.2) is 9.78 Å². The monoisotopic (exact) mass is 339 g/mol. The van der Waals surface area contributed by atoms with E-state index in [9.17, 15) is 4.79 Å². The fraction of sp³-hybridized carbons (Fsp3) is 0.625. The highest BCUT2D eigenvalue weighted by atomic mass is 35.5. The maximum absolute atomic E-state index is 12.3. The normalized spacial score (nSPS) is 35.5. The maximum atomic E-state index is 12.3. The van der Waals surface area contributed by atoms with Gasteiger partial charge in [0.15, 0.2) is 0 Å². The van der Waals surface area contributed by atoms with Crippen molar-refractivity contribution in [1.82, 2.24) is 10.3 Å². The first kappa shape index (κ1) is 14.6. The van der Waals surface area contributed by atoms with E-state index in [4.69, 9.17) is 23.2 Å². The molecule has 5 rings (SSSR count). The van der Waals surface area contributed by atoms with Crippen molar-refractivity contribution in [3.05, 3.63) is 22.4 Å². The van der Waals surface area contributed by atoms with Crippen LogP contribution in [0.4, 0.5) is 10.5 Å². The van der Waals surface area contributed by atoms with Crippen LogP contribution < -0.4 is 10.6 Å². The van der Waals surface area contributed by atoms with Crippen molar-refractivity contribution in [2.45, 2.75) is 38.1 Å². The zero-order valence-corrected chi connectivity index (χ0v) is 13.7. The Kier molecular flexibility index (Phi) is 3.69. The van der Waals surface area contributed by atoms with Crippen LogP contribution in [-0.4, -0.2) is 17.1 Å². The number of amides is 2. The van der Waals surface area contributed by atoms with Gasteiger partial charge in [-0.3, -0.25) is 0 Å². The van der Waals surface area contributed by atoms with Crippen molar-refractivity contribution in [3.63, 3.8) is 0 Å². The van der Waals surface area contributed by atoms with Gasteiger partial charge in [0.05, 0.1) is 0 Å². The third kappa shape index (κ3) is 2.79. The largest absolute Gasteiger partial charge is 0.335 e. The van der Waals surface area contributed by atoms with E-state index in [1.807, 2.05) is 0 Å². The van der Waals surface area contributed by atoms with E-state index >= 15 is 0 Å². The lowest BCUT2D eigenvalue weighted by molar-refractivity contribution is -0.00883. The molecule has 1 aromatic rings. The number of halogens is 2. The molecule has 0 unspecified atom stereocenters.